The second kappa shape index (κ2) is 7.04. The highest BCUT2D eigenvalue weighted by atomic mass is 16.5. The van der Waals surface area contributed by atoms with Gasteiger partial charge in [-0.05, 0) is 50.1 Å². The summed E-state index contributed by atoms with van der Waals surface area (Å²) >= 11 is 0. The molecule has 3 rings (SSSR count). The fourth-order valence-corrected chi connectivity index (χ4v) is 3.01. The van der Waals surface area contributed by atoms with Gasteiger partial charge in [0.2, 0.25) is 0 Å². The molecule has 24 heavy (non-hydrogen) atoms. The van der Waals surface area contributed by atoms with Crippen molar-refractivity contribution in [3.8, 4) is 5.75 Å². The summed E-state index contributed by atoms with van der Waals surface area (Å²) in [6.45, 7) is 7.47. The van der Waals surface area contributed by atoms with Crippen LogP contribution in [0.15, 0.2) is 36.4 Å². The molecule has 0 radical (unpaired) electrons. The van der Waals surface area contributed by atoms with Crippen molar-refractivity contribution in [2.24, 2.45) is 0 Å². The minimum Gasteiger partial charge on any atom is -0.490 e. The molecule has 0 N–H and O–H groups in total. The molecule has 2 aromatic rings. The predicted molar refractivity (Wildman–Crippen MR) is 94.4 cm³/mol. The number of pyridine rings is 1. The third-order valence-corrected chi connectivity index (χ3v) is 4.47. The Morgan fingerprint density at radius 2 is 1.88 bits per heavy atom. The van der Waals surface area contributed by atoms with Crippen LogP contribution in [0.3, 0.4) is 0 Å². The van der Waals surface area contributed by atoms with Gasteiger partial charge in [-0.2, -0.15) is 0 Å². The fourth-order valence-electron chi connectivity index (χ4n) is 3.01. The van der Waals surface area contributed by atoms with Gasteiger partial charge in [0.15, 0.2) is 0 Å². The highest BCUT2D eigenvalue weighted by Crippen LogP contribution is 2.24. The normalized spacial score (nSPS) is 15.4. The topological polar surface area (TPSA) is 42.4 Å². The molecule has 1 aromatic heterocycles. The van der Waals surface area contributed by atoms with Gasteiger partial charge in [0.1, 0.15) is 17.5 Å². The molecule has 1 aliphatic heterocycles. The van der Waals surface area contributed by atoms with Crippen LogP contribution in [0.25, 0.3) is 0 Å². The van der Waals surface area contributed by atoms with Crippen molar-refractivity contribution < 1.29 is 9.53 Å². The number of piperidine rings is 1. The summed E-state index contributed by atoms with van der Waals surface area (Å²) in [5, 5.41) is 0. The Hall–Kier alpha value is -2.36. The number of aromatic nitrogens is 1. The van der Waals surface area contributed by atoms with Gasteiger partial charge in [0.25, 0.3) is 5.91 Å². The predicted octanol–water partition coefficient (Wildman–Crippen LogP) is 3.69. The summed E-state index contributed by atoms with van der Waals surface area (Å²) in [5.74, 6) is 0.976. The molecule has 1 aliphatic rings. The van der Waals surface area contributed by atoms with Gasteiger partial charge in [-0.25, -0.2) is 4.98 Å². The number of ether oxygens (including phenoxy) is 1. The van der Waals surface area contributed by atoms with Crippen molar-refractivity contribution in [3.63, 3.8) is 0 Å². The summed E-state index contributed by atoms with van der Waals surface area (Å²) < 4.78 is 6.17. The molecule has 2 heterocycles. The van der Waals surface area contributed by atoms with E-state index in [-0.39, 0.29) is 12.0 Å². The lowest BCUT2D eigenvalue weighted by Gasteiger charge is -2.32. The Morgan fingerprint density at radius 3 is 2.58 bits per heavy atom. The standard InChI is InChI=1S/C20H24N2O2/c1-14-7-8-15(2)19(13-14)24-17-9-11-22(12-10-17)20(23)18-6-4-5-16(3)21-18/h4-8,13,17H,9-12H2,1-3H3. The molecular weight excluding hydrogens is 300 g/mol. The zero-order chi connectivity index (χ0) is 17.1. The number of rotatable bonds is 3. The van der Waals surface area contributed by atoms with Crippen LogP contribution >= 0.6 is 0 Å². The van der Waals surface area contributed by atoms with Crippen LogP contribution in [-0.2, 0) is 0 Å². The zero-order valence-corrected chi connectivity index (χ0v) is 14.6. The SMILES string of the molecule is Cc1ccc(C)c(OC2CCN(C(=O)c3cccc(C)n3)CC2)c1. The largest absolute Gasteiger partial charge is 0.490 e. The molecule has 1 saturated heterocycles. The maximum Gasteiger partial charge on any atom is 0.272 e. The molecule has 4 heteroatoms. The molecule has 1 amide bonds. The Morgan fingerprint density at radius 1 is 1.12 bits per heavy atom. The molecule has 0 atom stereocenters. The van der Waals surface area contributed by atoms with Gasteiger partial charge in [0, 0.05) is 31.6 Å². The lowest BCUT2D eigenvalue weighted by atomic mass is 10.1. The number of likely N-dealkylation sites (tertiary alicyclic amines) is 1. The summed E-state index contributed by atoms with van der Waals surface area (Å²) in [6, 6.07) is 11.8. The maximum absolute atomic E-state index is 12.5. The van der Waals surface area contributed by atoms with Crippen molar-refractivity contribution in [3.05, 3.63) is 58.9 Å². The highest BCUT2D eigenvalue weighted by Gasteiger charge is 2.25. The average molecular weight is 324 g/mol. The number of nitrogens with zero attached hydrogens (tertiary/aromatic N) is 2. The molecular formula is C20H24N2O2. The minimum absolute atomic E-state index is 0.0175. The second-order valence-electron chi connectivity index (χ2n) is 6.54. The molecule has 4 nitrogen and oxygen atoms in total. The lowest BCUT2D eigenvalue weighted by Crippen LogP contribution is -2.42. The quantitative estimate of drug-likeness (QED) is 0.865. The van der Waals surface area contributed by atoms with Crippen molar-refractivity contribution in [2.75, 3.05) is 13.1 Å². The maximum atomic E-state index is 12.5. The number of carbonyl (C=O) groups is 1. The van der Waals surface area contributed by atoms with Gasteiger partial charge < -0.3 is 9.64 Å². The van der Waals surface area contributed by atoms with E-state index in [9.17, 15) is 4.79 Å². The van der Waals surface area contributed by atoms with Crippen LogP contribution in [0, 0.1) is 20.8 Å². The van der Waals surface area contributed by atoms with E-state index in [1.54, 1.807) is 6.07 Å². The van der Waals surface area contributed by atoms with Crippen molar-refractivity contribution in [1.82, 2.24) is 9.88 Å². The third-order valence-electron chi connectivity index (χ3n) is 4.47. The second-order valence-corrected chi connectivity index (χ2v) is 6.54. The number of benzene rings is 1. The monoisotopic (exact) mass is 324 g/mol. The molecule has 0 saturated carbocycles. The minimum atomic E-state index is 0.0175. The van der Waals surface area contributed by atoms with Crippen LogP contribution in [0.5, 0.6) is 5.75 Å². The third kappa shape index (κ3) is 3.75. The average Bonchev–Trinajstić information content (AvgIpc) is 2.58. The number of aryl methyl sites for hydroxylation is 3. The first kappa shape index (κ1) is 16.5. The fraction of sp³-hybridized carbons (Fsp3) is 0.400. The zero-order valence-electron chi connectivity index (χ0n) is 14.6. The molecule has 1 aromatic carbocycles. The first-order chi connectivity index (χ1) is 11.5. The molecule has 0 aliphatic carbocycles. The van der Waals surface area contributed by atoms with Gasteiger partial charge in [-0.1, -0.05) is 18.2 Å². The Balaban J connectivity index is 1.59. The van der Waals surface area contributed by atoms with E-state index in [4.69, 9.17) is 4.74 Å². The van der Waals surface area contributed by atoms with E-state index in [2.05, 4.69) is 37.0 Å². The highest BCUT2D eigenvalue weighted by molar-refractivity contribution is 5.92. The number of amides is 1. The first-order valence-corrected chi connectivity index (χ1v) is 8.50. The van der Waals surface area contributed by atoms with Gasteiger partial charge >= 0.3 is 0 Å². The summed E-state index contributed by atoms with van der Waals surface area (Å²) in [7, 11) is 0. The molecule has 1 fully saturated rings. The Labute approximate surface area is 143 Å². The summed E-state index contributed by atoms with van der Waals surface area (Å²) in [6.07, 6.45) is 1.87. The van der Waals surface area contributed by atoms with Crippen molar-refractivity contribution in [1.29, 1.82) is 0 Å². The van der Waals surface area contributed by atoms with Crippen LogP contribution in [0.1, 0.15) is 40.2 Å². The smallest absolute Gasteiger partial charge is 0.272 e. The first-order valence-electron chi connectivity index (χ1n) is 8.50. The Kier molecular flexibility index (Phi) is 4.84. The van der Waals surface area contributed by atoms with E-state index in [1.165, 1.54) is 5.56 Å². The lowest BCUT2D eigenvalue weighted by molar-refractivity contribution is 0.0588. The Bertz CT molecular complexity index is 734. The van der Waals surface area contributed by atoms with E-state index in [0.717, 1.165) is 29.8 Å². The summed E-state index contributed by atoms with van der Waals surface area (Å²) in [4.78, 5) is 18.8. The van der Waals surface area contributed by atoms with Crippen LogP contribution in [0.4, 0.5) is 0 Å². The molecule has 126 valence electrons. The van der Waals surface area contributed by atoms with E-state index >= 15 is 0 Å². The summed E-state index contributed by atoms with van der Waals surface area (Å²) in [5.41, 5.74) is 3.76. The molecule has 0 bridgehead atoms. The number of carbonyl (C=O) groups excluding carboxylic acids is 1. The molecule has 0 unspecified atom stereocenters. The van der Waals surface area contributed by atoms with E-state index < -0.39 is 0 Å². The van der Waals surface area contributed by atoms with Crippen molar-refractivity contribution in [2.45, 2.75) is 39.7 Å². The number of hydrogen-bond donors (Lipinski definition) is 0. The van der Waals surface area contributed by atoms with Gasteiger partial charge in [-0.15, -0.1) is 0 Å². The van der Waals surface area contributed by atoms with Crippen LogP contribution < -0.4 is 4.74 Å². The van der Waals surface area contributed by atoms with Gasteiger partial charge in [0.05, 0.1) is 0 Å². The van der Waals surface area contributed by atoms with Crippen LogP contribution in [-0.4, -0.2) is 35.0 Å². The molecule has 0 spiro atoms. The van der Waals surface area contributed by atoms with Crippen molar-refractivity contribution >= 4 is 5.91 Å². The van der Waals surface area contributed by atoms with Crippen LogP contribution in [0.2, 0.25) is 0 Å². The van der Waals surface area contributed by atoms with Gasteiger partial charge in [-0.3, -0.25) is 4.79 Å². The van der Waals surface area contributed by atoms with E-state index in [0.29, 0.717) is 18.8 Å². The number of hydrogen-bond acceptors (Lipinski definition) is 3. The van der Waals surface area contributed by atoms with E-state index in [1.807, 2.05) is 24.0 Å².